The van der Waals surface area contributed by atoms with E-state index in [0.717, 1.165) is 11.1 Å². The SMILES string of the molecule is CCS(=O)(=O)Nc1ccc(-c2ccccc2)cn1. The molecule has 1 aromatic heterocycles. The van der Waals surface area contributed by atoms with E-state index in [4.69, 9.17) is 0 Å². The van der Waals surface area contributed by atoms with Gasteiger partial charge in [-0.2, -0.15) is 0 Å². The van der Waals surface area contributed by atoms with Gasteiger partial charge >= 0.3 is 0 Å². The van der Waals surface area contributed by atoms with Gasteiger partial charge in [-0.05, 0) is 24.6 Å². The Labute approximate surface area is 107 Å². The lowest BCUT2D eigenvalue weighted by molar-refractivity contribution is 0.602. The molecule has 5 heteroatoms. The molecule has 0 bridgehead atoms. The molecule has 2 aromatic rings. The lowest BCUT2D eigenvalue weighted by Crippen LogP contribution is -2.15. The maximum Gasteiger partial charge on any atom is 0.233 e. The Morgan fingerprint density at radius 1 is 1.06 bits per heavy atom. The molecule has 0 unspecified atom stereocenters. The molecule has 0 aliphatic rings. The minimum absolute atomic E-state index is 0.0368. The molecule has 0 saturated heterocycles. The van der Waals surface area contributed by atoms with Gasteiger partial charge in [-0.3, -0.25) is 4.72 Å². The first-order valence-electron chi connectivity index (χ1n) is 5.63. The van der Waals surface area contributed by atoms with Crippen molar-refractivity contribution in [3.63, 3.8) is 0 Å². The second-order valence-electron chi connectivity index (χ2n) is 3.80. The zero-order valence-corrected chi connectivity index (χ0v) is 10.8. The molecule has 0 aliphatic carbocycles. The topological polar surface area (TPSA) is 59.1 Å². The Kier molecular flexibility index (Phi) is 3.62. The number of sulfonamides is 1. The van der Waals surface area contributed by atoms with Crippen LogP contribution in [0.1, 0.15) is 6.92 Å². The third-order valence-corrected chi connectivity index (χ3v) is 3.79. The summed E-state index contributed by atoms with van der Waals surface area (Å²) in [4.78, 5) is 4.10. The fourth-order valence-corrected chi connectivity index (χ4v) is 2.07. The number of aromatic nitrogens is 1. The summed E-state index contributed by atoms with van der Waals surface area (Å²) in [5.41, 5.74) is 2.00. The zero-order chi connectivity index (χ0) is 13.0. The molecule has 0 atom stereocenters. The van der Waals surface area contributed by atoms with Gasteiger partial charge in [-0.25, -0.2) is 13.4 Å². The molecule has 0 spiro atoms. The van der Waals surface area contributed by atoms with E-state index in [2.05, 4.69) is 9.71 Å². The van der Waals surface area contributed by atoms with E-state index >= 15 is 0 Å². The summed E-state index contributed by atoms with van der Waals surface area (Å²) >= 11 is 0. The van der Waals surface area contributed by atoms with Gasteiger partial charge in [0, 0.05) is 11.8 Å². The van der Waals surface area contributed by atoms with Crippen molar-refractivity contribution >= 4 is 15.8 Å². The minimum atomic E-state index is -3.26. The normalized spacial score (nSPS) is 11.2. The number of nitrogens with zero attached hydrogens (tertiary/aromatic N) is 1. The Balaban J connectivity index is 2.21. The summed E-state index contributed by atoms with van der Waals surface area (Å²) in [6.45, 7) is 1.58. The molecule has 0 fully saturated rings. The summed E-state index contributed by atoms with van der Waals surface area (Å²) in [5, 5.41) is 0. The van der Waals surface area contributed by atoms with E-state index in [1.54, 1.807) is 19.2 Å². The number of hydrogen-bond donors (Lipinski definition) is 1. The first kappa shape index (κ1) is 12.6. The fraction of sp³-hybridized carbons (Fsp3) is 0.154. The molecule has 0 saturated carbocycles. The highest BCUT2D eigenvalue weighted by atomic mass is 32.2. The van der Waals surface area contributed by atoms with Crippen LogP contribution in [0.2, 0.25) is 0 Å². The molecule has 2 rings (SSSR count). The van der Waals surface area contributed by atoms with Crippen LogP contribution in [0.3, 0.4) is 0 Å². The summed E-state index contributed by atoms with van der Waals surface area (Å²) in [6.07, 6.45) is 1.66. The van der Waals surface area contributed by atoms with Crippen LogP contribution >= 0.6 is 0 Å². The van der Waals surface area contributed by atoms with Crippen molar-refractivity contribution in [3.05, 3.63) is 48.7 Å². The van der Waals surface area contributed by atoms with E-state index in [-0.39, 0.29) is 5.75 Å². The lowest BCUT2D eigenvalue weighted by atomic mass is 10.1. The van der Waals surface area contributed by atoms with Crippen molar-refractivity contribution in [1.29, 1.82) is 0 Å². The standard InChI is InChI=1S/C13H14N2O2S/c1-2-18(16,17)15-13-9-8-12(10-14-13)11-6-4-3-5-7-11/h3-10H,2H2,1H3,(H,14,15). The Bertz CT molecular complexity index is 607. The van der Waals surface area contributed by atoms with Gasteiger partial charge in [0.05, 0.1) is 5.75 Å². The maximum absolute atomic E-state index is 11.4. The molecule has 18 heavy (non-hydrogen) atoms. The average Bonchev–Trinajstić information content (AvgIpc) is 2.40. The third-order valence-electron chi connectivity index (χ3n) is 2.51. The van der Waals surface area contributed by atoms with Crippen LogP contribution in [0.25, 0.3) is 11.1 Å². The van der Waals surface area contributed by atoms with Gasteiger partial charge < -0.3 is 0 Å². The Morgan fingerprint density at radius 2 is 1.78 bits per heavy atom. The predicted molar refractivity (Wildman–Crippen MR) is 72.8 cm³/mol. The molecule has 0 amide bonds. The molecule has 1 aromatic carbocycles. The van der Waals surface area contributed by atoms with Crippen LogP contribution in [-0.2, 0) is 10.0 Å². The first-order chi connectivity index (χ1) is 8.61. The van der Waals surface area contributed by atoms with Crippen LogP contribution in [0.4, 0.5) is 5.82 Å². The summed E-state index contributed by atoms with van der Waals surface area (Å²) in [7, 11) is -3.26. The van der Waals surface area contributed by atoms with Gasteiger partial charge in [-0.1, -0.05) is 30.3 Å². The van der Waals surface area contributed by atoms with Crippen molar-refractivity contribution in [2.75, 3.05) is 10.5 Å². The quantitative estimate of drug-likeness (QED) is 0.921. The smallest absolute Gasteiger partial charge is 0.233 e. The van der Waals surface area contributed by atoms with E-state index in [1.807, 2.05) is 36.4 Å². The third kappa shape index (κ3) is 3.07. The van der Waals surface area contributed by atoms with Crippen molar-refractivity contribution in [2.24, 2.45) is 0 Å². The van der Waals surface area contributed by atoms with Gasteiger partial charge in [0.1, 0.15) is 5.82 Å². The zero-order valence-electron chi connectivity index (χ0n) is 10.00. The molecule has 0 aliphatic heterocycles. The van der Waals surface area contributed by atoms with E-state index < -0.39 is 10.0 Å². The van der Waals surface area contributed by atoms with E-state index in [9.17, 15) is 8.42 Å². The van der Waals surface area contributed by atoms with Crippen LogP contribution in [0.5, 0.6) is 0 Å². The van der Waals surface area contributed by atoms with Crippen molar-refractivity contribution in [3.8, 4) is 11.1 Å². The minimum Gasteiger partial charge on any atom is -0.267 e. The largest absolute Gasteiger partial charge is 0.267 e. The number of nitrogens with one attached hydrogen (secondary N) is 1. The number of rotatable bonds is 4. The van der Waals surface area contributed by atoms with Crippen LogP contribution in [0, 0.1) is 0 Å². The molecular weight excluding hydrogens is 248 g/mol. The predicted octanol–water partition coefficient (Wildman–Crippen LogP) is 2.51. The van der Waals surface area contributed by atoms with Gasteiger partial charge in [-0.15, -0.1) is 0 Å². The number of anilines is 1. The monoisotopic (exact) mass is 262 g/mol. The highest BCUT2D eigenvalue weighted by Gasteiger charge is 2.07. The Morgan fingerprint density at radius 3 is 2.33 bits per heavy atom. The molecule has 94 valence electrons. The summed E-state index contributed by atoms with van der Waals surface area (Å²) in [5.74, 6) is 0.381. The maximum atomic E-state index is 11.4. The lowest BCUT2D eigenvalue weighted by Gasteiger charge is -2.06. The molecule has 0 radical (unpaired) electrons. The van der Waals surface area contributed by atoms with Crippen molar-refractivity contribution in [1.82, 2.24) is 4.98 Å². The van der Waals surface area contributed by atoms with Crippen molar-refractivity contribution in [2.45, 2.75) is 6.92 Å². The molecule has 1 heterocycles. The van der Waals surface area contributed by atoms with Crippen LogP contribution in [-0.4, -0.2) is 19.2 Å². The van der Waals surface area contributed by atoms with E-state index in [0.29, 0.717) is 5.82 Å². The number of hydrogen-bond acceptors (Lipinski definition) is 3. The highest BCUT2D eigenvalue weighted by Crippen LogP contribution is 2.19. The Hall–Kier alpha value is -1.88. The summed E-state index contributed by atoms with van der Waals surface area (Å²) in [6, 6.07) is 13.3. The van der Waals surface area contributed by atoms with Gasteiger partial charge in [0.15, 0.2) is 0 Å². The number of pyridine rings is 1. The molecule has 4 nitrogen and oxygen atoms in total. The number of benzene rings is 1. The van der Waals surface area contributed by atoms with E-state index in [1.165, 1.54) is 0 Å². The fourth-order valence-electron chi connectivity index (χ4n) is 1.49. The first-order valence-corrected chi connectivity index (χ1v) is 7.28. The highest BCUT2D eigenvalue weighted by molar-refractivity contribution is 7.92. The second kappa shape index (κ2) is 5.18. The van der Waals surface area contributed by atoms with Gasteiger partial charge in [0.25, 0.3) is 0 Å². The molecular formula is C13H14N2O2S. The summed E-state index contributed by atoms with van der Waals surface area (Å²) < 4.78 is 25.2. The van der Waals surface area contributed by atoms with Crippen molar-refractivity contribution < 1.29 is 8.42 Å². The second-order valence-corrected chi connectivity index (χ2v) is 5.81. The molecule has 1 N–H and O–H groups in total. The van der Waals surface area contributed by atoms with Crippen LogP contribution < -0.4 is 4.72 Å². The van der Waals surface area contributed by atoms with Gasteiger partial charge in [0.2, 0.25) is 10.0 Å². The average molecular weight is 262 g/mol. The van der Waals surface area contributed by atoms with Crippen LogP contribution in [0.15, 0.2) is 48.7 Å².